The van der Waals surface area contributed by atoms with E-state index in [0.29, 0.717) is 12.5 Å². The summed E-state index contributed by atoms with van der Waals surface area (Å²) >= 11 is 0. The minimum atomic E-state index is 0.296. The highest BCUT2D eigenvalue weighted by molar-refractivity contribution is 5.32. The van der Waals surface area contributed by atoms with Crippen molar-refractivity contribution in [2.45, 2.75) is 44.1 Å². The van der Waals surface area contributed by atoms with Crippen LogP contribution in [0.2, 0.25) is 0 Å². The van der Waals surface area contributed by atoms with Gasteiger partial charge in [-0.05, 0) is 49.1 Å². The van der Waals surface area contributed by atoms with Crippen LogP contribution >= 0.6 is 0 Å². The lowest BCUT2D eigenvalue weighted by molar-refractivity contribution is 0.177. The summed E-state index contributed by atoms with van der Waals surface area (Å²) in [4.78, 5) is 2.51. The molecule has 98 valence electrons. The Labute approximate surface area is 110 Å². The van der Waals surface area contributed by atoms with E-state index in [1.807, 2.05) is 0 Å². The third kappa shape index (κ3) is 2.60. The molecule has 0 spiro atoms. The van der Waals surface area contributed by atoms with Gasteiger partial charge in [0.1, 0.15) is 0 Å². The average molecular weight is 245 g/mol. The molecule has 1 fully saturated rings. The zero-order chi connectivity index (χ0) is 12.4. The molecule has 2 nitrogen and oxygen atoms in total. The first-order valence-corrected chi connectivity index (χ1v) is 7.31. The zero-order valence-electron chi connectivity index (χ0n) is 11.0. The van der Waals surface area contributed by atoms with E-state index in [2.05, 4.69) is 29.2 Å². The molecule has 1 unspecified atom stereocenters. The minimum Gasteiger partial charge on any atom is -0.395 e. The number of aliphatic hydroxyl groups is 1. The van der Waals surface area contributed by atoms with Crippen LogP contribution in [0.4, 0.5) is 0 Å². The van der Waals surface area contributed by atoms with Crippen molar-refractivity contribution >= 4 is 0 Å². The molecular weight excluding hydrogens is 222 g/mol. The van der Waals surface area contributed by atoms with Gasteiger partial charge in [0, 0.05) is 19.1 Å². The van der Waals surface area contributed by atoms with Crippen molar-refractivity contribution in [1.29, 1.82) is 0 Å². The summed E-state index contributed by atoms with van der Waals surface area (Å²) in [6.45, 7) is 2.29. The first-order valence-electron chi connectivity index (χ1n) is 7.31. The number of fused-ring (bicyclic) bond motifs is 1. The van der Waals surface area contributed by atoms with E-state index >= 15 is 0 Å². The van der Waals surface area contributed by atoms with Gasteiger partial charge in [0.15, 0.2) is 0 Å². The second-order valence-corrected chi connectivity index (χ2v) is 5.74. The standard InChI is InChI=1S/C16H23NO/c18-11-10-17(15-8-9-15)12-14-6-3-5-13-4-1-2-7-16(13)14/h1-2,4,7,14-15,18H,3,5-6,8-12H2. The highest BCUT2D eigenvalue weighted by Crippen LogP contribution is 2.35. The maximum atomic E-state index is 9.20. The Morgan fingerprint density at radius 1 is 1.17 bits per heavy atom. The highest BCUT2D eigenvalue weighted by Gasteiger charge is 2.31. The van der Waals surface area contributed by atoms with Crippen molar-refractivity contribution < 1.29 is 5.11 Å². The number of rotatable bonds is 5. The summed E-state index contributed by atoms with van der Waals surface area (Å²) in [7, 11) is 0. The van der Waals surface area contributed by atoms with Gasteiger partial charge in [0.05, 0.1) is 6.61 Å². The molecule has 0 bridgehead atoms. The molecule has 1 aromatic rings. The molecule has 0 aliphatic heterocycles. The second-order valence-electron chi connectivity index (χ2n) is 5.74. The maximum absolute atomic E-state index is 9.20. The van der Waals surface area contributed by atoms with Gasteiger partial charge < -0.3 is 5.11 Å². The fourth-order valence-electron chi connectivity index (χ4n) is 3.32. The van der Waals surface area contributed by atoms with Crippen molar-refractivity contribution in [3.63, 3.8) is 0 Å². The van der Waals surface area contributed by atoms with Crippen LogP contribution in [-0.2, 0) is 6.42 Å². The van der Waals surface area contributed by atoms with E-state index in [1.165, 1.54) is 32.1 Å². The molecule has 0 amide bonds. The van der Waals surface area contributed by atoms with Crippen molar-refractivity contribution in [3.05, 3.63) is 35.4 Å². The number of hydrogen-bond donors (Lipinski definition) is 1. The number of benzene rings is 1. The van der Waals surface area contributed by atoms with Crippen LogP contribution in [0.3, 0.4) is 0 Å². The Kier molecular flexibility index (Phi) is 3.67. The molecule has 2 aliphatic rings. The Hall–Kier alpha value is -0.860. The summed E-state index contributed by atoms with van der Waals surface area (Å²) in [5, 5.41) is 9.20. The van der Waals surface area contributed by atoms with E-state index in [0.717, 1.165) is 19.1 Å². The Balaban J connectivity index is 1.72. The fraction of sp³-hybridized carbons (Fsp3) is 0.625. The monoisotopic (exact) mass is 245 g/mol. The fourth-order valence-corrected chi connectivity index (χ4v) is 3.32. The van der Waals surface area contributed by atoms with Crippen LogP contribution in [0.15, 0.2) is 24.3 Å². The quantitative estimate of drug-likeness (QED) is 0.862. The van der Waals surface area contributed by atoms with Crippen LogP contribution in [-0.4, -0.2) is 35.7 Å². The summed E-state index contributed by atoms with van der Waals surface area (Å²) < 4.78 is 0. The smallest absolute Gasteiger partial charge is 0.0558 e. The Bertz CT molecular complexity index is 400. The molecule has 0 aromatic heterocycles. The lowest BCUT2D eigenvalue weighted by Gasteiger charge is -2.31. The van der Waals surface area contributed by atoms with Gasteiger partial charge >= 0.3 is 0 Å². The van der Waals surface area contributed by atoms with E-state index < -0.39 is 0 Å². The predicted octanol–water partition coefficient (Wildman–Crippen LogP) is 2.56. The van der Waals surface area contributed by atoms with Crippen molar-refractivity contribution in [3.8, 4) is 0 Å². The molecular formula is C16H23NO. The van der Waals surface area contributed by atoms with Gasteiger partial charge in [-0.3, -0.25) is 4.90 Å². The average Bonchev–Trinajstić information content (AvgIpc) is 3.23. The number of hydrogen-bond acceptors (Lipinski definition) is 2. The van der Waals surface area contributed by atoms with Gasteiger partial charge in [0.2, 0.25) is 0 Å². The maximum Gasteiger partial charge on any atom is 0.0558 e. The first-order chi connectivity index (χ1) is 8.88. The van der Waals surface area contributed by atoms with Gasteiger partial charge in [-0.25, -0.2) is 0 Å². The molecule has 18 heavy (non-hydrogen) atoms. The van der Waals surface area contributed by atoms with E-state index in [1.54, 1.807) is 11.1 Å². The molecule has 1 N–H and O–H groups in total. The number of aliphatic hydroxyl groups excluding tert-OH is 1. The van der Waals surface area contributed by atoms with Crippen molar-refractivity contribution in [1.82, 2.24) is 4.90 Å². The van der Waals surface area contributed by atoms with Crippen LogP contribution in [0.5, 0.6) is 0 Å². The minimum absolute atomic E-state index is 0.296. The molecule has 2 aliphatic carbocycles. The van der Waals surface area contributed by atoms with Gasteiger partial charge in [-0.15, -0.1) is 0 Å². The molecule has 2 heteroatoms. The third-order valence-electron chi connectivity index (χ3n) is 4.40. The molecule has 0 radical (unpaired) electrons. The first kappa shape index (κ1) is 12.2. The van der Waals surface area contributed by atoms with E-state index in [9.17, 15) is 5.11 Å². The van der Waals surface area contributed by atoms with E-state index in [4.69, 9.17) is 0 Å². The van der Waals surface area contributed by atoms with Crippen LogP contribution < -0.4 is 0 Å². The lowest BCUT2D eigenvalue weighted by Crippen LogP contribution is -2.34. The summed E-state index contributed by atoms with van der Waals surface area (Å²) in [6, 6.07) is 9.68. The largest absolute Gasteiger partial charge is 0.395 e. The molecule has 0 heterocycles. The summed E-state index contributed by atoms with van der Waals surface area (Å²) in [5.74, 6) is 0.682. The van der Waals surface area contributed by atoms with Crippen LogP contribution in [0, 0.1) is 0 Å². The number of nitrogens with zero attached hydrogens (tertiary/aromatic N) is 1. The highest BCUT2D eigenvalue weighted by atomic mass is 16.3. The zero-order valence-corrected chi connectivity index (χ0v) is 11.0. The topological polar surface area (TPSA) is 23.5 Å². The lowest BCUT2D eigenvalue weighted by atomic mass is 9.82. The predicted molar refractivity (Wildman–Crippen MR) is 73.8 cm³/mol. The molecule has 1 aromatic carbocycles. The van der Waals surface area contributed by atoms with Gasteiger partial charge in [-0.2, -0.15) is 0 Å². The Morgan fingerprint density at radius 2 is 2.00 bits per heavy atom. The molecule has 1 atom stereocenters. The summed E-state index contributed by atoms with van der Waals surface area (Å²) in [5.41, 5.74) is 3.11. The Morgan fingerprint density at radius 3 is 2.78 bits per heavy atom. The third-order valence-corrected chi connectivity index (χ3v) is 4.40. The normalized spacial score (nSPS) is 23.1. The molecule has 3 rings (SSSR count). The van der Waals surface area contributed by atoms with Crippen LogP contribution in [0.25, 0.3) is 0 Å². The van der Waals surface area contributed by atoms with Crippen molar-refractivity contribution in [2.24, 2.45) is 0 Å². The second kappa shape index (κ2) is 5.41. The van der Waals surface area contributed by atoms with E-state index in [-0.39, 0.29) is 0 Å². The van der Waals surface area contributed by atoms with Gasteiger partial charge in [-0.1, -0.05) is 24.3 Å². The van der Waals surface area contributed by atoms with Crippen molar-refractivity contribution in [2.75, 3.05) is 19.7 Å². The molecule has 1 saturated carbocycles. The van der Waals surface area contributed by atoms with Crippen LogP contribution in [0.1, 0.15) is 42.7 Å². The summed E-state index contributed by atoms with van der Waals surface area (Å²) in [6.07, 6.45) is 6.53. The SMILES string of the molecule is OCCN(CC1CCCc2ccccc21)C1CC1. The molecule has 0 saturated heterocycles. The van der Waals surface area contributed by atoms with Gasteiger partial charge in [0.25, 0.3) is 0 Å². The number of aryl methyl sites for hydroxylation is 1.